The van der Waals surface area contributed by atoms with E-state index in [9.17, 15) is 14.4 Å². The van der Waals surface area contributed by atoms with Gasteiger partial charge >= 0.3 is 5.97 Å². The number of anilines is 1. The maximum atomic E-state index is 13.2. The molecule has 1 atom stereocenters. The molecule has 1 amide bonds. The Morgan fingerprint density at radius 1 is 0.804 bits per heavy atom. The van der Waals surface area contributed by atoms with Gasteiger partial charge in [0.1, 0.15) is 24.1 Å². The monoisotopic (exact) mass is 614 g/mol. The third kappa shape index (κ3) is 8.41. The van der Waals surface area contributed by atoms with Crippen LogP contribution in [0.3, 0.4) is 0 Å². The molecule has 1 aromatic heterocycles. The maximum Gasteiger partial charge on any atom is 0.328 e. The highest BCUT2D eigenvalue weighted by Crippen LogP contribution is 2.22. The molecule has 9 nitrogen and oxygen atoms in total. The molecule has 1 heterocycles. The molecule has 0 aliphatic rings. The summed E-state index contributed by atoms with van der Waals surface area (Å²) in [5, 5.41) is 3.23. The summed E-state index contributed by atoms with van der Waals surface area (Å²) in [6.45, 7) is 0.999. The topological polar surface area (TPSA) is 111 Å². The molecule has 0 saturated heterocycles. The van der Waals surface area contributed by atoms with Crippen molar-refractivity contribution in [2.45, 2.75) is 19.0 Å². The molecule has 1 N–H and O–H groups in total. The summed E-state index contributed by atoms with van der Waals surface area (Å²) in [4.78, 5) is 49.1. The van der Waals surface area contributed by atoms with Gasteiger partial charge in [-0.1, -0.05) is 84.9 Å². The van der Waals surface area contributed by atoms with E-state index in [0.29, 0.717) is 42.1 Å². The van der Waals surface area contributed by atoms with Crippen molar-refractivity contribution in [3.05, 3.63) is 156 Å². The van der Waals surface area contributed by atoms with Gasteiger partial charge in [-0.25, -0.2) is 9.78 Å². The van der Waals surface area contributed by atoms with Crippen LogP contribution < -0.4 is 10.1 Å². The molecule has 0 unspecified atom stereocenters. The van der Waals surface area contributed by atoms with Crippen LogP contribution in [0.1, 0.15) is 37.5 Å². The minimum absolute atomic E-state index is 0.144. The number of ether oxygens (including phenoxy) is 2. The van der Waals surface area contributed by atoms with Crippen molar-refractivity contribution in [2.75, 3.05) is 25.6 Å². The zero-order valence-corrected chi connectivity index (χ0v) is 25.4. The highest BCUT2D eigenvalue weighted by Gasteiger charge is 2.23. The van der Waals surface area contributed by atoms with Crippen LogP contribution in [0.2, 0.25) is 0 Å². The summed E-state index contributed by atoms with van der Waals surface area (Å²) < 4.78 is 11.1. The third-order valence-electron chi connectivity index (χ3n) is 7.30. The molecule has 9 heteroatoms. The van der Waals surface area contributed by atoms with Gasteiger partial charge in [0.15, 0.2) is 5.78 Å². The number of carbonyl (C=O) groups excluding carboxylic acids is 3. The highest BCUT2D eigenvalue weighted by molar-refractivity contribution is 6.12. The van der Waals surface area contributed by atoms with Gasteiger partial charge in [0.05, 0.1) is 19.9 Å². The Balaban J connectivity index is 1.22. The van der Waals surface area contributed by atoms with E-state index in [1.165, 1.54) is 25.7 Å². The summed E-state index contributed by atoms with van der Waals surface area (Å²) in [7, 11) is 1.34. The number of ketones is 1. The molecule has 0 bridgehead atoms. The second kappa shape index (κ2) is 15.8. The van der Waals surface area contributed by atoms with E-state index in [-0.39, 0.29) is 24.0 Å². The van der Waals surface area contributed by atoms with E-state index in [1.807, 2.05) is 78.9 Å². The molecule has 0 aliphatic carbocycles. The van der Waals surface area contributed by atoms with Gasteiger partial charge in [-0.05, 0) is 35.4 Å². The fourth-order valence-corrected chi connectivity index (χ4v) is 4.93. The first-order chi connectivity index (χ1) is 22.5. The highest BCUT2D eigenvalue weighted by atomic mass is 16.5. The number of amides is 1. The predicted octanol–water partition coefficient (Wildman–Crippen LogP) is 5.63. The fraction of sp³-hybridized carbons (Fsp3) is 0.162. The van der Waals surface area contributed by atoms with E-state index >= 15 is 0 Å². The molecular weight excluding hydrogens is 580 g/mol. The number of hydrogen-bond donors (Lipinski definition) is 1. The van der Waals surface area contributed by atoms with Crippen molar-refractivity contribution < 1.29 is 23.9 Å². The maximum absolute atomic E-state index is 13.2. The van der Waals surface area contributed by atoms with Gasteiger partial charge in [-0.3, -0.25) is 14.6 Å². The lowest BCUT2D eigenvalue weighted by Crippen LogP contribution is -2.34. The summed E-state index contributed by atoms with van der Waals surface area (Å²) in [5.74, 6) is -0.204. The number of nitrogens with one attached hydrogen (secondary N) is 1. The van der Waals surface area contributed by atoms with Crippen molar-refractivity contribution in [3.8, 4) is 5.75 Å². The second-order valence-electron chi connectivity index (χ2n) is 10.5. The largest absolute Gasteiger partial charge is 0.492 e. The van der Waals surface area contributed by atoms with Gasteiger partial charge in [0.25, 0.3) is 5.91 Å². The number of carbonyl (C=O) groups is 3. The molecule has 5 aromatic rings. The average Bonchev–Trinajstić information content (AvgIpc) is 3.12. The first-order valence-corrected chi connectivity index (χ1v) is 14.9. The molecule has 0 radical (unpaired) electrons. The molecule has 0 spiro atoms. The van der Waals surface area contributed by atoms with E-state index in [0.717, 1.165) is 11.1 Å². The number of nitrogens with zero attached hydrogens (tertiary/aromatic N) is 3. The second-order valence-corrected chi connectivity index (χ2v) is 10.5. The Morgan fingerprint density at radius 3 is 2.20 bits per heavy atom. The fourth-order valence-electron chi connectivity index (χ4n) is 4.93. The first-order valence-electron chi connectivity index (χ1n) is 14.9. The lowest BCUT2D eigenvalue weighted by atomic mass is 10.00. The molecule has 46 heavy (non-hydrogen) atoms. The van der Waals surface area contributed by atoms with Crippen LogP contribution in [-0.4, -0.2) is 58.8 Å². The van der Waals surface area contributed by atoms with Crippen LogP contribution >= 0.6 is 0 Å². The lowest BCUT2D eigenvalue weighted by Gasteiger charge is -2.22. The molecule has 232 valence electrons. The van der Waals surface area contributed by atoms with Crippen molar-refractivity contribution >= 4 is 23.3 Å². The quantitative estimate of drug-likeness (QED) is 0.127. The Kier molecular flexibility index (Phi) is 10.8. The molecule has 0 aliphatic heterocycles. The minimum Gasteiger partial charge on any atom is -0.492 e. The van der Waals surface area contributed by atoms with E-state index in [1.54, 1.807) is 35.2 Å². The number of esters is 1. The van der Waals surface area contributed by atoms with Crippen LogP contribution in [0.15, 0.2) is 128 Å². The number of para-hydroxylation sites is 1. The average molecular weight is 615 g/mol. The van der Waals surface area contributed by atoms with Gasteiger partial charge in [-0.15, -0.1) is 0 Å². The molecular formula is C37H34N4O5. The number of methoxy groups -OCH3 is 1. The van der Waals surface area contributed by atoms with Crippen LogP contribution in [-0.2, 0) is 22.5 Å². The molecule has 0 saturated carbocycles. The van der Waals surface area contributed by atoms with Crippen LogP contribution in [0.25, 0.3) is 0 Å². The Hall–Kier alpha value is -5.83. The third-order valence-corrected chi connectivity index (χ3v) is 7.30. The van der Waals surface area contributed by atoms with Gasteiger partial charge in [0, 0.05) is 42.2 Å². The smallest absolute Gasteiger partial charge is 0.328 e. The molecule has 5 rings (SSSR count). The summed E-state index contributed by atoms with van der Waals surface area (Å²) in [5.41, 5.74) is 3.69. The van der Waals surface area contributed by atoms with Gasteiger partial charge in [-0.2, -0.15) is 0 Å². The van der Waals surface area contributed by atoms with Gasteiger partial charge in [0.2, 0.25) is 0 Å². The Bertz CT molecular complexity index is 1730. The van der Waals surface area contributed by atoms with E-state index in [2.05, 4.69) is 15.3 Å². The van der Waals surface area contributed by atoms with Crippen LogP contribution in [0.5, 0.6) is 5.75 Å². The van der Waals surface area contributed by atoms with Crippen molar-refractivity contribution in [2.24, 2.45) is 0 Å². The van der Waals surface area contributed by atoms with Crippen molar-refractivity contribution in [1.29, 1.82) is 0 Å². The van der Waals surface area contributed by atoms with Crippen molar-refractivity contribution in [1.82, 2.24) is 14.9 Å². The van der Waals surface area contributed by atoms with E-state index < -0.39 is 12.0 Å². The normalized spacial score (nSPS) is 11.2. The summed E-state index contributed by atoms with van der Waals surface area (Å²) in [6.07, 6.45) is 4.80. The lowest BCUT2D eigenvalue weighted by molar-refractivity contribution is -0.141. The first kappa shape index (κ1) is 31.6. The van der Waals surface area contributed by atoms with Gasteiger partial charge < -0.3 is 19.7 Å². The summed E-state index contributed by atoms with van der Waals surface area (Å²) >= 11 is 0. The van der Waals surface area contributed by atoms with Crippen molar-refractivity contribution in [3.63, 3.8) is 0 Å². The van der Waals surface area contributed by atoms with Crippen LogP contribution in [0, 0.1) is 0 Å². The van der Waals surface area contributed by atoms with E-state index in [4.69, 9.17) is 9.47 Å². The molecule has 4 aromatic carbocycles. The standard InChI is InChI=1S/C37H34N4O5/c1-45-37(44)33(40-32-15-9-8-14-31(32)35(42)29-12-6-3-7-13-29)24-27-16-18-30(19-17-27)46-23-22-41(26-28-10-4-2-5-11-28)36(43)34-25-38-20-21-39-34/h2-21,25,33,40H,22-24,26H2,1H3/t33-/m0/s1. The predicted molar refractivity (Wildman–Crippen MR) is 175 cm³/mol. The SMILES string of the molecule is COC(=O)[C@H](Cc1ccc(OCCN(Cc2ccccc2)C(=O)c2cnccn2)cc1)Nc1ccccc1C(=O)c1ccccc1. The number of rotatable bonds is 14. The minimum atomic E-state index is -0.736. The Morgan fingerprint density at radius 2 is 1.50 bits per heavy atom. The zero-order chi connectivity index (χ0) is 32.1. The van der Waals surface area contributed by atoms with Crippen LogP contribution in [0.4, 0.5) is 5.69 Å². The number of benzene rings is 4. The number of aromatic nitrogens is 2. The zero-order valence-electron chi connectivity index (χ0n) is 25.4. The number of hydrogen-bond acceptors (Lipinski definition) is 8. The Labute approximate surface area is 267 Å². The molecule has 0 fully saturated rings. The summed E-state index contributed by atoms with van der Waals surface area (Å²) in [6, 6.07) is 32.5.